The van der Waals surface area contributed by atoms with Gasteiger partial charge in [-0.05, 0) is 0 Å². The molecule has 1 fully saturated rings. The number of rotatable bonds is 2. The molecule has 0 aromatic carbocycles. The molecule has 0 heterocycles. The highest BCUT2D eigenvalue weighted by atomic mass is 16.4. The highest BCUT2D eigenvalue weighted by Gasteiger charge is 2.47. The lowest BCUT2D eigenvalue weighted by Gasteiger charge is -2.42. The van der Waals surface area contributed by atoms with Crippen LogP contribution >= 0.6 is 0 Å². The van der Waals surface area contributed by atoms with Crippen LogP contribution in [0.15, 0.2) is 0 Å². The van der Waals surface area contributed by atoms with Crippen molar-refractivity contribution in [2.45, 2.75) is 24.4 Å². The summed E-state index contributed by atoms with van der Waals surface area (Å²) in [5, 5.41) is 55.2. The molecule has 0 saturated heterocycles. The molecule has 6 atom stereocenters. The second-order valence-electron chi connectivity index (χ2n) is 3.66. The molecule has 6 N–H and O–H groups in total. The van der Waals surface area contributed by atoms with E-state index in [9.17, 15) is 20.4 Å². The zero-order valence-electron chi connectivity index (χ0n) is 7.56. The van der Waals surface area contributed by atoms with Crippen LogP contribution in [-0.4, -0.2) is 68.3 Å². The Labute approximate surface area is 81.1 Å². The van der Waals surface area contributed by atoms with Gasteiger partial charge in [0.2, 0.25) is 0 Å². The van der Waals surface area contributed by atoms with Gasteiger partial charge in [0.25, 0.3) is 0 Å². The first-order chi connectivity index (χ1) is 6.54. The van der Waals surface area contributed by atoms with Crippen molar-refractivity contribution in [3.8, 4) is 0 Å². The summed E-state index contributed by atoms with van der Waals surface area (Å²) in [5.74, 6) is -1.65. The molecule has 1 rings (SSSR count). The van der Waals surface area contributed by atoms with E-state index in [2.05, 4.69) is 0 Å². The Hall–Kier alpha value is -0.240. The Morgan fingerprint density at radius 3 is 1.07 bits per heavy atom. The Morgan fingerprint density at radius 1 is 0.571 bits per heavy atom. The average Bonchev–Trinajstić information content (AvgIpc) is 2.20. The highest BCUT2D eigenvalue weighted by molar-refractivity contribution is 4.97. The quantitative estimate of drug-likeness (QED) is 0.282. The molecule has 0 unspecified atom stereocenters. The third-order valence-electron chi connectivity index (χ3n) is 2.90. The van der Waals surface area contributed by atoms with Gasteiger partial charge in [-0.2, -0.15) is 0 Å². The van der Waals surface area contributed by atoms with E-state index in [0.717, 1.165) is 0 Å². The second-order valence-corrected chi connectivity index (χ2v) is 3.66. The smallest absolute Gasteiger partial charge is 0.109 e. The molecule has 1 aliphatic carbocycles. The SMILES string of the molecule is OC[C@@H]1[C@@H](O)[C@H](O)[C@@H](O)[C@@H](O)[C@@H]1CO. The lowest BCUT2D eigenvalue weighted by Crippen LogP contribution is -2.60. The van der Waals surface area contributed by atoms with Crippen molar-refractivity contribution in [1.29, 1.82) is 0 Å². The molecule has 0 bridgehead atoms. The van der Waals surface area contributed by atoms with Crippen LogP contribution < -0.4 is 0 Å². The first-order valence-corrected chi connectivity index (χ1v) is 4.48. The molecular weight excluding hydrogens is 192 g/mol. The summed E-state index contributed by atoms with van der Waals surface area (Å²) in [6, 6.07) is 0. The normalized spacial score (nSPS) is 49.3. The van der Waals surface area contributed by atoms with Crippen LogP contribution in [0.25, 0.3) is 0 Å². The Kier molecular flexibility index (Phi) is 3.82. The minimum absolute atomic E-state index is 0.465. The maximum Gasteiger partial charge on any atom is 0.109 e. The molecule has 14 heavy (non-hydrogen) atoms. The third kappa shape index (κ3) is 1.77. The minimum atomic E-state index is -1.50. The van der Waals surface area contributed by atoms with Gasteiger partial charge < -0.3 is 30.6 Å². The number of hydrogen-bond acceptors (Lipinski definition) is 6. The van der Waals surface area contributed by atoms with Crippen LogP contribution in [0.4, 0.5) is 0 Å². The molecule has 84 valence electrons. The lowest BCUT2D eigenvalue weighted by atomic mass is 9.73. The molecule has 0 spiro atoms. The predicted octanol–water partition coefficient (Wildman–Crippen LogP) is -3.34. The molecule has 0 amide bonds. The van der Waals surface area contributed by atoms with E-state index in [1.807, 2.05) is 0 Å². The van der Waals surface area contributed by atoms with Crippen molar-refractivity contribution >= 4 is 0 Å². The van der Waals surface area contributed by atoms with Crippen LogP contribution in [0, 0.1) is 11.8 Å². The first-order valence-electron chi connectivity index (χ1n) is 4.48. The van der Waals surface area contributed by atoms with Crippen molar-refractivity contribution in [2.75, 3.05) is 13.2 Å². The van der Waals surface area contributed by atoms with Crippen LogP contribution in [-0.2, 0) is 0 Å². The minimum Gasteiger partial charge on any atom is -0.396 e. The Bertz CT molecular complexity index is 167. The van der Waals surface area contributed by atoms with Crippen LogP contribution in [0.2, 0.25) is 0 Å². The van der Waals surface area contributed by atoms with Crippen molar-refractivity contribution in [3.63, 3.8) is 0 Å². The first kappa shape index (κ1) is 11.8. The van der Waals surface area contributed by atoms with Crippen LogP contribution in [0.3, 0.4) is 0 Å². The van der Waals surface area contributed by atoms with E-state index in [1.54, 1.807) is 0 Å². The van der Waals surface area contributed by atoms with Gasteiger partial charge >= 0.3 is 0 Å². The molecule has 6 nitrogen and oxygen atoms in total. The third-order valence-corrected chi connectivity index (χ3v) is 2.90. The van der Waals surface area contributed by atoms with E-state index >= 15 is 0 Å². The number of aliphatic hydroxyl groups excluding tert-OH is 6. The Balaban J connectivity index is 2.84. The molecular formula is C8H16O6. The van der Waals surface area contributed by atoms with Crippen molar-refractivity contribution < 1.29 is 30.6 Å². The summed E-state index contributed by atoms with van der Waals surface area (Å²) in [6.45, 7) is -0.930. The zero-order valence-corrected chi connectivity index (χ0v) is 7.56. The van der Waals surface area contributed by atoms with Crippen LogP contribution in [0.5, 0.6) is 0 Å². The lowest BCUT2D eigenvalue weighted by molar-refractivity contribution is -0.195. The van der Waals surface area contributed by atoms with Gasteiger partial charge in [-0.15, -0.1) is 0 Å². The standard InChI is InChI=1S/C8H16O6/c9-1-3-4(2-10)6(12)8(14)7(13)5(3)11/h3-14H,1-2H2/t3-,4+,5+,6-,7-,8-/m0/s1. The molecule has 1 aliphatic rings. The van der Waals surface area contributed by atoms with Crippen molar-refractivity contribution in [1.82, 2.24) is 0 Å². The average molecular weight is 208 g/mol. The largest absolute Gasteiger partial charge is 0.396 e. The fraction of sp³-hybridized carbons (Fsp3) is 1.00. The van der Waals surface area contributed by atoms with E-state index in [4.69, 9.17) is 10.2 Å². The zero-order chi connectivity index (χ0) is 10.9. The number of aliphatic hydroxyl groups is 6. The summed E-state index contributed by atoms with van der Waals surface area (Å²) >= 11 is 0. The molecule has 6 heteroatoms. The van der Waals surface area contributed by atoms with Gasteiger partial charge in [-0.3, -0.25) is 0 Å². The predicted molar refractivity (Wildman–Crippen MR) is 45.2 cm³/mol. The van der Waals surface area contributed by atoms with Gasteiger partial charge in [-0.25, -0.2) is 0 Å². The second kappa shape index (κ2) is 4.52. The monoisotopic (exact) mass is 208 g/mol. The summed E-state index contributed by atoms with van der Waals surface area (Å²) < 4.78 is 0. The van der Waals surface area contributed by atoms with Gasteiger partial charge in [0, 0.05) is 25.0 Å². The summed E-state index contributed by atoms with van der Waals surface area (Å²) in [4.78, 5) is 0. The number of hydrogen-bond donors (Lipinski definition) is 6. The summed E-state index contributed by atoms with van der Waals surface area (Å²) in [5.41, 5.74) is 0. The topological polar surface area (TPSA) is 121 Å². The molecule has 0 aromatic heterocycles. The molecule has 0 aliphatic heterocycles. The van der Waals surface area contributed by atoms with Gasteiger partial charge in [0.15, 0.2) is 0 Å². The van der Waals surface area contributed by atoms with Gasteiger partial charge in [-0.1, -0.05) is 0 Å². The fourth-order valence-corrected chi connectivity index (χ4v) is 1.90. The van der Waals surface area contributed by atoms with Gasteiger partial charge in [0.05, 0.1) is 12.2 Å². The van der Waals surface area contributed by atoms with E-state index < -0.39 is 49.5 Å². The van der Waals surface area contributed by atoms with Crippen molar-refractivity contribution in [2.24, 2.45) is 11.8 Å². The fourth-order valence-electron chi connectivity index (χ4n) is 1.90. The van der Waals surface area contributed by atoms with Gasteiger partial charge in [0.1, 0.15) is 12.2 Å². The van der Waals surface area contributed by atoms with E-state index in [-0.39, 0.29) is 0 Å². The molecule has 0 radical (unpaired) electrons. The molecule has 0 aromatic rings. The molecule has 1 saturated carbocycles. The van der Waals surface area contributed by atoms with E-state index in [0.29, 0.717) is 0 Å². The highest BCUT2D eigenvalue weighted by Crippen LogP contribution is 2.30. The van der Waals surface area contributed by atoms with E-state index in [1.165, 1.54) is 0 Å². The summed E-state index contributed by atoms with van der Waals surface area (Å²) in [6.07, 6.45) is -5.67. The Morgan fingerprint density at radius 2 is 0.857 bits per heavy atom. The summed E-state index contributed by atoms with van der Waals surface area (Å²) in [7, 11) is 0. The van der Waals surface area contributed by atoms with Crippen molar-refractivity contribution in [3.05, 3.63) is 0 Å². The maximum absolute atomic E-state index is 9.43. The maximum atomic E-state index is 9.43. The van der Waals surface area contributed by atoms with Crippen LogP contribution in [0.1, 0.15) is 0 Å².